The smallest absolute Gasteiger partial charge is 0.348 e. The Labute approximate surface area is 126 Å². The first kappa shape index (κ1) is 14.0. The molecule has 21 heavy (non-hydrogen) atoms. The van der Waals surface area contributed by atoms with Crippen LogP contribution in [0.5, 0.6) is 0 Å². The van der Waals surface area contributed by atoms with Crippen LogP contribution in [0.25, 0.3) is 5.65 Å². The monoisotopic (exact) mass is 307 g/mol. The fraction of sp³-hybridized carbons (Fsp3) is 0.500. The van der Waals surface area contributed by atoms with Crippen molar-refractivity contribution < 1.29 is 0 Å². The van der Waals surface area contributed by atoms with E-state index in [0.717, 1.165) is 32.0 Å². The van der Waals surface area contributed by atoms with Gasteiger partial charge in [0.15, 0.2) is 5.65 Å². The fourth-order valence-corrected chi connectivity index (χ4v) is 2.64. The minimum atomic E-state index is -0.279. The van der Waals surface area contributed by atoms with E-state index >= 15 is 0 Å². The van der Waals surface area contributed by atoms with E-state index in [4.69, 9.17) is 18.0 Å². The van der Waals surface area contributed by atoms with Gasteiger partial charge in [0.1, 0.15) is 12.1 Å². The molecule has 1 aliphatic heterocycles. The number of hydrogen-bond acceptors (Lipinski definition) is 6. The largest absolute Gasteiger partial charge is 0.392 e. The van der Waals surface area contributed by atoms with Gasteiger partial charge in [-0.1, -0.05) is 12.2 Å². The van der Waals surface area contributed by atoms with Crippen molar-refractivity contribution in [2.75, 3.05) is 31.1 Å². The molecule has 0 radical (unpaired) electrons. The number of aromatic nitrogens is 4. The van der Waals surface area contributed by atoms with Gasteiger partial charge in [-0.15, -0.1) is 0 Å². The van der Waals surface area contributed by atoms with Gasteiger partial charge in [-0.2, -0.15) is 5.10 Å². The Bertz CT molecular complexity index is 716. The van der Waals surface area contributed by atoms with Crippen molar-refractivity contribution >= 4 is 28.7 Å². The van der Waals surface area contributed by atoms with E-state index in [1.165, 1.54) is 10.7 Å². The molecule has 0 saturated carbocycles. The van der Waals surface area contributed by atoms with E-state index in [9.17, 15) is 4.79 Å². The van der Waals surface area contributed by atoms with Crippen LogP contribution in [0.2, 0.25) is 0 Å². The highest BCUT2D eigenvalue weighted by Crippen LogP contribution is 2.15. The molecule has 112 valence electrons. The molecule has 0 aromatic carbocycles. The Kier molecular flexibility index (Phi) is 3.60. The van der Waals surface area contributed by atoms with Crippen LogP contribution < -0.4 is 16.3 Å². The van der Waals surface area contributed by atoms with Gasteiger partial charge in [0.25, 0.3) is 0 Å². The second-order valence-corrected chi connectivity index (χ2v) is 5.58. The van der Waals surface area contributed by atoms with Crippen LogP contribution in [0.4, 0.5) is 5.82 Å². The predicted molar refractivity (Wildman–Crippen MR) is 83.6 cm³/mol. The second kappa shape index (κ2) is 5.41. The molecular formula is C12H17N7OS. The average molecular weight is 307 g/mol. The van der Waals surface area contributed by atoms with Crippen molar-refractivity contribution in [3.05, 3.63) is 22.9 Å². The number of rotatable bonds is 3. The first-order chi connectivity index (χ1) is 10.1. The van der Waals surface area contributed by atoms with Crippen LogP contribution in [0.1, 0.15) is 6.92 Å². The average Bonchev–Trinajstić information content (AvgIpc) is 2.87. The third-order valence-corrected chi connectivity index (χ3v) is 4.23. The van der Waals surface area contributed by atoms with E-state index < -0.39 is 0 Å². The maximum absolute atomic E-state index is 11.4. The van der Waals surface area contributed by atoms with E-state index in [1.807, 2.05) is 13.0 Å². The van der Waals surface area contributed by atoms with Crippen LogP contribution in [-0.4, -0.2) is 61.7 Å². The number of nitrogens with zero attached hydrogens (tertiary/aromatic N) is 5. The molecule has 3 heterocycles. The number of anilines is 1. The molecule has 8 nitrogen and oxygen atoms in total. The Morgan fingerprint density at radius 3 is 2.81 bits per heavy atom. The van der Waals surface area contributed by atoms with E-state index in [2.05, 4.69) is 25.0 Å². The number of hydrogen-bond donors (Lipinski definition) is 2. The third-order valence-electron chi connectivity index (χ3n) is 3.89. The predicted octanol–water partition coefficient (Wildman–Crippen LogP) is -0.786. The summed E-state index contributed by atoms with van der Waals surface area (Å²) in [6, 6.07) is 1.92. The zero-order valence-corrected chi connectivity index (χ0v) is 12.5. The van der Waals surface area contributed by atoms with Crippen LogP contribution >= 0.6 is 12.2 Å². The lowest BCUT2D eigenvalue weighted by molar-refractivity contribution is 0.238. The number of H-pyrrole nitrogens is 1. The second-order valence-electron chi connectivity index (χ2n) is 5.11. The first-order valence-electron chi connectivity index (χ1n) is 6.77. The normalized spacial score (nSPS) is 18.0. The lowest BCUT2D eigenvalue weighted by Crippen LogP contribution is -2.52. The fourth-order valence-electron chi connectivity index (χ4n) is 2.49. The van der Waals surface area contributed by atoms with Gasteiger partial charge in [-0.25, -0.2) is 19.3 Å². The highest BCUT2D eigenvalue weighted by molar-refractivity contribution is 7.80. The molecular weight excluding hydrogens is 290 g/mol. The zero-order chi connectivity index (χ0) is 15.0. The van der Waals surface area contributed by atoms with Crippen molar-refractivity contribution in [3.63, 3.8) is 0 Å². The Morgan fingerprint density at radius 1 is 1.43 bits per heavy atom. The van der Waals surface area contributed by atoms with Crippen molar-refractivity contribution in [1.82, 2.24) is 24.5 Å². The highest BCUT2D eigenvalue weighted by Gasteiger charge is 2.23. The van der Waals surface area contributed by atoms with Gasteiger partial charge in [-0.3, -0.25) is 4.90 Å². The quantitative estimate of drug-likeness (QED) is 0.718. The molecule has 0 bridgehead atoms. The lowest BCUT2D eigenvalue weighted by Gasteiger charge is -2.38. The summed E-state index contributed by atoms with van der Waals surface area (Å²) < 4.78 is 1.38. The third kappa shape index (κ3) is 2.61. The molecule has 2 aromatic heterocycles. The van der Waals surface area contributed by atoms with E-state index in [-0.39, 0.29) is 11.7 Å². The summed E-state index contributed by atoms with van der Waals surface area (Å²) in [6.45, 7) is 5.45. The van der Waals surface area contributed by atoms with E-state index in [1.54, 1.807) is 0 Å². The van der Waals surface area contributed by atoms with Crippen LogP contribution in [0.15, 0.2) is 17.2 Å². The summed E-state index contributed by atoms with van der Waals surface area (Å²) in [7, 11) is 0. The molecule has 1 aliphatic rings. The standard InChI is InChI=1S/C12H17N7OS/c1-8(11(13)21)17-2-4-18(5-3-17)9-6-10-15-16-12(20)19(10)7-14-9/h6-8H,2-5H2,1H3,(H2,13,21)(H,16,20). The summed E-state index contributed by atoms with van der Waals surface area (Å²) in [5.41, 5.74) is 5.99. The molecule has 9 heteroatoms. The van der Waals surface area contributed by atoms with Crippen molar-refractivity contribution in [2.45, 2.75) is 13.0 Å². The Hall–Kier alpha value is -2.00. The lowest BCUT2D eigenvalue weighted by atomic mass is 10.2. The number of thiocarbonyl (C=S) groups is 1. The number of fused-ring (bicyclic) bond motifs is 1. The minimum absolute atomic E-state index is 0.113. The van der Waals surface area contributed by atoms with Crippen molar-refractivity contribution in [1.29, 1.82) is 0 Å². The molecule has 0 spiro atoms. The van der Waals surface area contributed by atoms with Crippen LogP contribution in [0, 0.1) is 0 Å². The Balaban J connectivity index is 1.73. The van der Waals surface area contributed by atoms with Gasteiger partial charge in [0.05, 0.1) is 11.0 Å². The molecule has 3 rings (SSSR count). The zero-order valence-electron chi connectivity index (χ0n) is 11.7. The molecule has 0 amide bonds. The summed E-state index contributed by atoms with van der Waals surface area (Å²) in [6.07, 6.45) is 1.50. The van der Waals surface area contributed by atoms with Gasteiger partial charge in [-0.05, 0) is 6.92 Å². The molecule has 1 saturated heterocycles. The number of piperazine rings is 1. The van der Waals surface area contributed by atoms with Gasteiger partial charge in [0, 0.05) is 32.2 Å². The number of aromatic amines is 1. The summed E-state index contributed by atoms with van der Waals surface area (Å²) in [5.74, 6) is 0.823. The van der Waals surface area contributed by atoms with Crippen LogP contribution in [0.3, 0.4) is 0 Å². The summed E-state index contributed by atoms with van der Waals surface area (Å²) in [5, 5.41) is 6.36. The maximum atomic E-state index is 11.4. The van der Waals surface area contributed by atoms with Crippen LogP contribution in [-0.2, 0) is 0 Å². The summed E-state index contributed by atoms with van der Waals surface area (Å²) in [4.78, 5) is 20.7. The molecule has 1 fully saturated rings. The molecule has 0 aliphatic carbocycles. The molecule has 1 unspecified atom stereocenters. The molecule has 3 N–H and O–H groups in total. The van der Waals surface area contributed by atoms with Gasteiger partial charge < -0.3 is 10.6 Å². The van der Waals surface area contributed by atoms with Gasteiger partial charge >= 0.3 is 5.69 Å². The molecule has 1 atom stereocenters. The highest BCUT2D eigenvalue weighted by atomic mass is 32.1. The molecule has 2 aromatic rings. The maximum Gasteiger partial charge on any atom is 0.348 e. The number of nitrogens with one attached hydrogen (secondary N) is 1. The topological polar surface area (TPSA) is 95.5 Å². The van der Waals surface area contributed by atoms with Crippen molar-refractivity contribution in [2.24, 2.45) is 5.73 Å². The minimum Gasteiger partial charge on any atom is -0.392 e. The Morgan fingerprint density at radius 2 is 2.14 bits per heavy atom. The first-order valence-corrected chi connectivity index (χ1v) is 7.18. The SMILES string of the molecule is CC(C(N)=S)N1CCN(c2cc3n[nH]c(=O)n3cn2)CC1. The summed E-state index contributed by atoms with van der Waals surface area (Å²) >= 11 is 5.04. The number of nitrogens with two attached hydrogens (primary N) is 1. The van der Waals surface area contributed by atoms with E-state index in [0.29, 0.717) is 10.6 Å². The van der Waals surface area contributed by atoms with Crippen molar-refractivity contribution in [3.8, 4) is 0 Å². The van der Waals surface area contributed by atoms with Gasteiger partial charge in [0.2, 0.25) is 0 Å².